The van der Waals surface area contributed by atoms with Crippen molar-refractivity contribution in [1.82, 2.24) is 15.1 Å². The third kappa shape index (κ3) is 3.00. The number of aliphatic hydroxyl groups is 1. The van der Waals surface area contributed by atoms with Crippen LogP contribution in [0.3, 0.4) is 0 Å². The average Bonchev–Trinajstić information content (AvgIpc) is 2.69. The molecule has 2 N–H and O–H groups in total. The van der Waals surface area contributed by atoms with Crippen LogP contribution in [0.5, 0.6) is 0 Å². The van der Waals surface area contributed by atoms with E-state index in [1.54, 1.807) is 0 Å². The number of rotatable bonds is 5. The topological polar surface area (TPSA) is 72.9 Å². The van der Waals surface area contributed by atoms with Gasteiger partial charge in [-0.2, -0.15) is 0 Å². The molecule has 0 spiro atoms. The van der Waals surface area contributed by atoms with Crippen molar-refractivity contribution in [2.45, 2.75) is 31.7 Å². The van der Waals surface area contributed by atoms with Gasteiger partial charge in [0.2, 0.25) is 5.91 Å². The maximum absolute atomic E-state index is 11.4. The molecule has 102 valence electrons. The van der Waals surface area contributed by atoms with Crippen molar-refractivity contribution in [3.8, 4) is 0 Å². The van der Waals surface area contributed by atoms with Gasteiger partial charge in [-0.25, -0.2) is 4.79 Å². The summed E-state index contributed by atoms with van der Waals surface area (Å²) in [6.45, 7) is 2.48. The van der Waals surface area contributed by atoms with Crippen LogP contribution in [0.4, 0.5) is 4.79 Å². The van der Waals surface area contributed by atoms with Crippen LogP contribution >= 0.6 is 0 Å². The van der Waals surface area contributed by atoms with Gasteiger partial charge in [-0.05, 0) is 25.8 Å². The molecule has 0 radical (unpaired) electrons. The van der Waals surface area contributed by atoms with E-state index >= 15 is 0 Å². The van der Waals surface area contributed by atoms with Gasteiger partial charge < -0.3 is 10.4 Å². The van der Waals surface area contributed by atoms with Crippen molar-refractivity contribution in [3.05, 3.63) is 0 Å². The zero-order valence-corrected chi connectivity index (χ0v) is 10.6. The van der Waals surface area contributed by atoms with Crippen LogP contribution < -0.4 is 5.32 Å². The van der Waals surface area contributed by atoms with Crippen LogP contribution in [0.25, 0.3) is 0 Å². The Hall–Kier alpha value is -1.14. The van der Waals surface area contributed by atoms with E-state index in [-0.39, 0.29) is 25.1 Å². The second-order valence-corrected chi connectivity index (χ2v) is 4.90. The van der Waals surface area contributed by atoms with Crippen molar-refractivity contribution >= 4 is 11.9 Å². The van der Waals surface area contributed by atoms with Crippen molar-refractivity contribution in [2.24, 2.45) is 0 Å². The highest BCUT2D eigenvalue weighted by Crippen LogP contribution is 2.19. The summed E-state index contributed by atoms with van der Waals surface area (Å²) >= 11 is 0. The molecule has 2 heterocycles. The maximum Gasteiger partial charge on any atom is 0.324 e. The highest BCUT2D eigenvalue weighted by atomic mass is 16.3. The Morgan fingerprint density at radius 1 is 1.28 bits per heavy atom. The molecule has 0 aromatic heterocycles. The number of amides is 3. The van der Waals surface area contributed by atoms with Gasteiger partial charge >= 0.3 is 6.03 Å². The van der Waals surface area contributed by atoms with E-state index in [1.807, 2.05) is 0 Å². The van der Waals surface area contributed by atoms with Gasteiger partial charge in [0.15, 0.2) is 0 Å². The highest BCUT2D eigenvalue weighted by Gasteiger charge is 2.29. The van der Waals surface area contributed by atoms with Gasteiger partial charge in [0.1, 0.15) is 0 Å². The van der Waals surface area contributed by atoms with Crippen molar-refractivity contribution < 1.29 is 14.7 Å². The maximum atomic E-state index is 11.4. The quantitative estimate of drug-likeness (QED) is 0.666. The van der Waals surface area contributed by atoms with Crippen LogP contribution in [-0.4, -0.2) is 65.7 Å². The number of urea groups is 1. The van der Waals surface area contributed by atoms with E-state index in [4.69, 9.17) is 5.11 Å². The summed E-state index contributed by atoms with van der Waals surface area (Å²) in [4.78, 5) is 26.4. The largest absolute Gasteiger partial charge is 0.396 e. The SMILES string of the molecule is O=C1CNC(=O)N1CCN1CCCCC1CCO. The fourth-order valence-corrected chi connectivity index (χ4v) is 2.74. The molecule has 0 saturated carbocycles. The number of likely N-dealkylation sites (tertiary alicyclic amines) is 1. The van der Waals surface area contributed by atoms with Gasteiger partial charge in [-0.3, -0.25) is 14.6 Å². The Balaban J connectivity index is 1.83. The van der Waals surface area contributed by atoms with Crippen LogP contribution in [0.1, 0.15) is 25.7 Å². The monoisotopic (exact) mass is 255 g/mol. The Kier molecular flexibility index (Phi) is 4.54. The molecule has 2 rings (SSSR count). The van der Waals surface area contributed by atoms with Crippen molar-refractivity contribution in [3.63, 3.8) is 0 Å². The number of nitrogens with zero attached hydrogens (tertiary/aromatic N) is 2. The molecule has 1 atom stereocenters. The minimum atomic E-state index is -0.282. The normalized spacial score (nSPS) is 25.6. The van der Waals surface area contributed by atoms with Crippen LogP contribution in [0, 0.1) is 0 Å². The van der Waals surface area contributed by atoms with E-state index in [9.17, 15) is 9.59 Å². The van der Waals surface area contributed by atoms with Crippen molar-refractivity contribution in [1.29, 1.82) is 0 Å². The number of hydrogen-bond donors (Lipinski definition) is 2. The standard InChI is InChI=1S/C12H21N3O3/c16-8-4-10-3-1-2-5-14(10)6-7-15-11(17)9-13-12(15)18/h10,16H,1-9H2,(H,13,18). The third-order valence-corrected chi connectivity index (χ3v) is 3.76. The van der Waals surface area contributed by atoms with Crippen LogP contribution in [0.15, 0.2) is 0 Å². The first-order valence-electron chi connectivity index (χ1n) is 6.65. The minimum Gasteiger partial charge on any atom is -0.396 e. The zero-order chi connectivity index (χ0) is 13.0. The summed E-state index contributed by atoms with van der Waals surface area (Å²) in [5.74, 6) is -0.143. The summed E-state index contributed by atoms with van der Waals surface area (Å²) in [5.41, 5.74) is 0. The molecule has 2 saturated heterocycles. The molecule has 0 aromatic rings. The molecule has 2 aliphatic rings. The summed E-state index contributed by atoms with van der Waals surface area (Å²) < 4.78 is 0. The lowest BCUT2D eigenvalue weighted by atomic mass is 10.00. The number of carbonyl (C=O) groups is 2. The molecule has 2 fully saturated rings. The molecule has 1 unspecified atom stereocenters. The minimum absolute atomic E-state index is 0.124. The smallest absolute Gasteiger partial charge is 0.324 e. The van der Waals surface area contributed by atoms with Gasteiger partial charge in [-0.15, -0.1) is 0 Å². The number of hydrogen-bond acceptors (Lipinski definition) is 4. The summed E-state index contributed by atoms with van der Waals surface area (Å²) in [6, 6.07) is 0.111. The van der Waals surface area contributed by atoms with E-state index in [0.29, 0.717) is 19.1 Å². The Morgan fingerprint density at radius 2 is 2.11 bits per heavy atom. The first-order valence-corrected chi connectivity index (χ1v) is 6.65. The van der Waals surface area contributed by atoms with Crippen LogP contribution in [-0.2, 0) is 4.79 Å². The van der Waals surface area contributed by atoms with Crippen LogP contribution in [0.2, 0.25) is 0 Å². The summed E-state index contributed by atoms with van der Waals surface area (Å²) in [7, 11) is 0. The zero-order valence-electron chi connectivity index (χ0n) is 10.6. The Labute approximate surface area is 107 Å². The summed E-state index contributed by atoms with van der Waals surface area (Å²) in [5, 5.41) is 11.6. The molecule has 6 nitrogen and oxygen atoms in total. The number of imide groups is 1. The molecule has 0 aliphatic carbocycles. The van der Waals surface area contributed by atoms with Gasteiger partial charge in [0.25, 0.3) is 0 Å². The molecule has 2 aliphatic heterocycles. The number of aliphatic hydroxyl groups excluding tert-OH is 1. The summed E-state index contributed by atoms with van der Waals surface area (Å²) in [6.07, 6.45) is 4.23. The molecule has 0 bridgehead atoms. The third-order valence-electron chi connectivity index (χ3n) is 3.76. The molecule has 6 heteroatoms. The first-order chi connectivity index (χ1) is 8.72. The van der Waals surface area contributed by atoms with Gasteiger partial charge in [-0.1, -0.05) is 6.42 Å². The van der Waals surface area contributed by atoms with E-state index in [1.165, 1.54) is 11.3 Å². The Morgan fingerprint density at radius 3 is 2.78 bits per heavy atom. The second kappa shape index (κ2) is 6.15. The number of nitrogens with one attached hydrogen (secondary N) is 1. The fourth-order valence-electron chi connectivity index (χ4n) is 2.74. The molecular weight excluding hydrogens is 234 g/mol. The molecule has 18 heavy (non-hydrogen) atoms. The first kappa shape index (κ1) is 13.3. The average molecular weight is 255 g/mol. The van der Waals surface area contributed by atoms with Crippen molar-refractivity contribution in [2.75, 3.05) is 32.8 Å². The number of carbonyl (C=O) groups excluding carboxylic acids is 2. The number of piperidine rings is 1. The predicted molar refractivity (Wildman–Crippen MR) is 66.0 cm³/mol. The second-order valence-electron chi connectivity index (χ2n) is 4.90. The predicted octanol–water partition coefficient (Wildman–Crippen LogP) is -0.225. The van der Waals surface area contributed by atoms with Gasteiger partial charge in [0, 0.05) is 25.7 Å². The van der Waals surface area contributed by atoms with Gasteiger partial charge in [0.05, 0.1) is 6.54 Å². The molecule has 0 aromatic carbocycles. The lowest BCUT2D eigenvalue weighted by Crippen LogP contribution is -2.45. The van der Waals surface area contributed by atoms with E-state index in [0.717, 1.165) is 25.8 Å². The molecule has 3 amide bonds. The fraction of sp³-hybridized carbons (Fsp3) is 0.833. The highest BCUT2D eigenvalue weighted by molar-refractivity contribution is 6.01. The van der Waals surface area contributed by atoms with E-state index < -0.39 is 0 Å². The molecular formula is C12H21N3O3. The van der Waals surface area contributed by atoms with E-state index in [2.05, 4.69) is 10.2 Å². The Bertz CT molecular complexity index is 304. The lowest BCUT2D eigenvalue weighted by Gasteiger charge is -2.36. The lowest BCUT2D eigenvalue weighted by molar-refractivity contribution is -0.125.